The fourth-order valence-corrected chi connectivity index (χ4v) is 2.64. The summed E-state index contributed by atoms with van der Waals surface area (Å²) in [6.07, 6.45) is 7.64. The average molecular weight is 283 g/mol. The Morgan fingerprint density at radius 1 is 1.42 bits per heavy atom. The van der Waals surface area contributed by atoms with E-state index in [1.807, 2.05) is 0 Å². The second kappa shape index (κ2) is 7.60. The molecule has 1 aromatic heterocycles. The summed E-state index contributed by atoms with van der Waals surface area (Å²) in [5.41, 5.74) is 1.82. The maximum absolute atomic E-state index is 7.52. The third kappa shape index (κ3) is 4.28. The maximum atomic E-state index is 7.52. The molecular formula is C14H23N3OS. The molecule has 0 saturated heterocycles. The van der Waals surface area contributed by atoms with Crippen molar-refractivity contribution in [2.45, 2.75) is 39.0 Å². The normalized spacial score (nSPS) is 18.1. The Morgan fingerprint density at radius 2 is 2.37 bits per heavy atom. The standard InChI is InChI=1S/C14H23N3OS/c1-3-4-5-6-10-18-14-13(15-19-16-14)12-8-7-9-17(2)11-12/h8H,3-7,9-11H2,1-2H3/i2D2. The highest BCUT2D eigenvalue weighted by atomic mass is 32.1. The number of nitrogens with zero attached hydrogens (tertiary/aromatic N) is 3. The first-order valence-corrected chi connectivity index (χ1v) is 7.68. The van der Waals surface area contributed by atoms with E-state index in [-0.39, 0.29) is 0 Å². The number of aromatic nitrogens is 2. The minimum absolute atomic E-state index is 0.579. The van der Waals surface area contributed by atoms with Crippen LogP contribution in [0.2, 0.25) is 0 Å². The van der Waals surface area contributed by atoms with E-state index < -0.39 is 7.00 Å². The van der Waals surface area contributed by atoms with Crippen molar-refractivity contribution in [3.8, 4) is 5.88 Å². The van der Waals surface area contributed by atoms with Crippen molar-refractivity contribution in [3.63, 3.8) is 0 Å². The first-order valence-electron chi connectivity index (χ1n) is 8.11. The van der Waals surface area contributed by atoms with Crippen molar-refractivity contribution < 1.29 is 7.48 Å². The number of hydrogen-bond donors (Lipinski definition) is 0. The molecule has 5 heteroatoms. The molecule has 1 aliphatic heterocycles. The van der Waals surface area contributed by atoms with Crippen molar-refractivity contribution in [1.82, 2.24) is 13.6 Å². The van der Waals surface area contributed by atoms with Crippen LogP contribution in [0.25, 0.3) is 5.57 Å². The summed E-state index contributed by atoms with van der Waals surface area (Å²) in [5.74, 6) is 0.608. The van der Waals surface area contributed by atoms with Gasteiger partial charge in [0.2, 0.25) is 0 Å². The number of ether oxygens (including phenoxy) is 1. The average Bonchev–Trinajstić information content (AvgIpc) is 2.95. The lowest BCUT2D eigenvalue weighted by atomic mass is 10.1. The van der Waals surface area contributed by atoms with E-state index in [4.69, 9.17) is 7.48 Å². The number of rotatable bonds is 7. The van der Waals surface area contributed by atoms with Gasteiger partial charge in [0, 0.05) is 15.8 Å². The zero-order chi connectivity index (χ0) is 15.1. The Hall–Kier alpha value is -0.940. The molecule has 0 saturated carbocycles. The molecule has 0 spiro atoms. The fraction of sp³-hybridized carbons (Fsp3) is 0.714. The van der Waals surface area contributed by atoms with Crippen LogP contribution in [-0.4, -0.2) is 40.3 Å². The Balaban J connectivity index is 1.92. The highest BCUT2D eigenvalue weighted by Gasteiger charge is 2.18. The molecule has 0 aliphatic carbocycles. The molecule has 0 amide bonds. The van der Waals surface area contributed by atoms with E-state index in [1.54, 1.807) is 4.90 Å². The first kappa shape index (κ1) is 11.9. The zero-order valence-corrected chi connectivity index (χ0v) is 12.3. The number of hydrogen-bond acceptors (Lipinski definition) is 5. The van der Waals surface area contributed by atoms with Gasteiger partial charge in [-0.25, -0.2) is 0 Å². The molecule has 0 bridgehead atoms. The molecule has 0 unspecified atom stereocenters. The van der Waals surface area contributed by atoms with Crippen LogP contribution >= 0.6 is 11.7 Å². The van der Waals surface area contributed by atoms with Gasteiger partial charge >= 0.3 is 0 Å². The van der Waals surface area contributed by atoms with Gasteiger partial charge < -0.3 is 9.64 Å². The third-order valence-corrected chi connectivity index (χ3v) is 3.69. The van der Waals surface area contributed by atoms with Gasteiger partial charge in [-0.2, -0.15) is 4.37 Å². The minimum atomic E-state index is -0.932. The first-order chi connectivity index (χ1) is 10.2. The van der Waals surface area contributed by atoms with Gasteiger partial charge in [0.1, 0.15) is 5.69 Å². The predicted octanol–water partition coefficient (Wildman–Crippen LogP) is 3.22. The van der Waals surface area contributed by atoms with Crippen LogP contribution in [-0.2, 0) is 0 Å². The molecule has 19 heavy (non-hydrogen) atoms. The van der Waals surface area contributed by atoms with Gasteiger partial charge in [0.15, 0.2) is 0 Å². The lowest BCUT2D eigenvalue weighted by Gasteiger charge is -2.22. The molecule has 0 fully saturated rings. The van der Waals surface area contributed by atoms with E-state index in [0.29, 0.717) is 19.0 Å². The maximum Gasteiger partial charge on any atom is 0.253 e. The fourth-order valence-electron chi connectivity index (χ4n) is 2.11. The summed E-state index contributed by atoms with van der Waals surface area (Å²) in [5, 5.41) is 0. The Kier molecular flexibility index (Phi) is 4.74. The summed E-state index contributed by atoms with van der Waals surface area (Å²) >= 11 is 1.16. The third-order valence-electron chi connectivity index (χ3n) is 3.18. The molecule has 1 aromatic rings. The smallest absolute Gasteiger partial charge is 0.253 e. The monoisotopic (exact) mass is 283 g/mol. The van der Waals surface area contributed by atoms with Gasteiger partial charge in [0.25, 0.3) is 5.88 Å². The van der Waals surface area contributed by atoms with Crippen LogP contribution in [0.4, 0.5) is 0 Å². The predicted molar refractivity (Wildman–Crippen MR) is 79.6 cm³/mol. The van der Waals surface area contributed by atoms with Gasteiger partial charge in [-0.1, -0.05) is 32.3 Å². The molecule has 106 valence electrons. The molecule has 0 aromatic carbocycles. The van der Waals surface area contributed by atoms with Crippen molar-refractivity contribution >= 4 is 17.3 Å². The summed E-state index contributed by atoms with van der Waals surface area (Å²) in [4.78, 5) is 1.81. The van der Waals surface area contributed by atoms with Crippen LogP contribution in [0.3, 0.4) is 0 Å². The van der Waals surface area contributed by atoms with Gasteiger partial charge in [-0.15, -0.1) is 4.37 Å². The van der Waals surface area contributed by atoms with Gasteiger partial charge in [-0.05, 0) is 25.4 Å². The summed E-state index contributed by atoms with van der Waals surface area (Å²) in [6.45, 7) is 3.27. The van der Waals surface area contributed by atoms with Gasteiger partial charge in [0.05, 0.1) is 18.3 Å². The van der Waals surface area contributed by atoms with Crippen LogP contribution in [0, 0.1) is 0 Å². The highest BCUT2D eigenvalue weighted by Crippen LogP contribution is 2.27. The summed E-state index contributed by atoms with van der Waals surface area (Å²) in [7, 11) is 0. The van der Waals surface area contributed by atoms with E-state index in [9.17, 15) is 0 Å². The molecule has 2 heterocycles. The SMILES string of the molecule is [2H]C([2H])N1CCC=C(c2nsnc2OCCCCCC)C1. The molecule has 1 aliphatic rings. The van der Waals surface area contributed by atoms with Crippen molar-refractivity contribution in [3.05, 3.63) is 11.8 Å². The van der Waals surface area contributed by atoms with E-state index >= 15 is 0 Å². The molecule has 2 rings (SSSR count). The minimum Gasteiger partial charge on any atom is -0.475 e. The van der Waals surface area contributed by atoms with Crippen LogP contribution in [0.15, 0.2) is 6.08 Å². The van der Waals surface area contributed by atoms with Crippen molar-refractivity contribution in [1.29, 1.82) is 0 Å². The summed E-state index contributed by atoms with van der Waals surface area (Å²) < 4.78 is 29.4. The van der Waals surface area contributed by atoms with Crippen LogP contribution in [0.5, 0.6) is 5.88 Å². The van der Waals surface area contributed by atoms with Crippen molar-refractivity contribution in [2.24, 2.45) is 0 Å². The number of unbranched alkanes of at least 4 members (excludes halogenated alkanes) is 3. The molecule has 0 N–H and O–H groups in total. The van der Waals surface area contributed by atoms with Gasteiger partial charge in [-0.3, -0.25) is 0 Å². The number of likely N-dealkylation sites (N-methyl/N-ethyl adjacent to an activating group) is 1. The summed E-state index contributed by atoms with van der Waals surface area (Å²) in [6, 6.07) is 0. The van der Waals surface area contributed by atoms with Crippen LogP contribution in [0.1, 0.15) is 47.5 Å². The second-order valence-corrected chi connectivity index (χ2v) is 5.34. The Bertz CT molecular complexity index is 465. The highest BCUT2D eigenvalue weighted by molar-refractivity contribution is 6.99. The molecular weight excluding hydrogens is 258 g/mol. The Morgan fingerprint density at radius 3 is 3.21 bits per heavy atom. The largest absolute Gasteiger partial charge is 0.475 e. The van der Waals surface area contributed by atoms with Crippen molar-refractivity contribution in [2.75, 3.05) is 26.7 Å². The quantitative estimate of drug-likeness (QED) is 0.720. The lowest BCUT2D eigenvalue weighted by Crippen LogP contribution is -2.25. The van der Waals surface area contributed by atoms with E-state index in [2.05, 4.69) is 21.7 Å². The molecule has 0 radical (unpaired) electrons. The zero-order valence-electron chi connectivity index (χ0n) is 13.5. The van der Waals surface area contributed by atoms with E-state index in [0.717, 1.165) is 42.4 Å². The lowest BCUT2D eigenvalue weighted by molar-refractivity contribution is 0.294. The second-order valence-electron chi connectivity index (χ2n) is 4.82. The van der Waals surface area contributed by atoms with E-state index in [1.165, 1.54) is 19.3 Å². The topological polar surface area (TPSA) is 38.2 Å². The van der Waals surface area contributed by atoms with Crippen LogP contribution < -0.4 is 4.74 Å². The Labute approximate surface area is 122 Å². The molecule has 4 nitrogen and oxygen atoms in total. The molecule has 0 atom stereocenters.